The number of nitrogens with zero attached hydrogens (tertiary/aromatic N) is 3. The summed E-state index contributed by atoms with van der Waals surface area (Å²) in [5.74, 6) is -0.341. The van der Waals surface area contributed by atoms with E-state index in [0.29, 0.717) is 6.54 Å². The zero-order valence-electron chi connectivity index (χ0n) is 16.5. The Morgan fingerprint density at radius 3 is 2.44 bits per heavy atom. The molecule has 0 unspecified atom stereocenters. The van der Waals surface area contributed by atoms with Crippen LogP contribution in [0.25, 0.3) is 0 Å². The third-order valence-electron chi connectivity index (χ3n) is 5.81. The maximum atomic E-state index is 13.2. The molecule has 27 heavy (non-hydrogen) atoms. The van der Waals surface area contributed by atoms with Gasteiger partial charge in [-0.15, -0.1) is 0 Å². The number of aryl methyl sites for hydroxylation is 1. The van der Waals surface area contributed by atoms with Gasteiger partial charge in [0.15, 0.2) is 0 Å². The smallest absolute Gasteiger partial charge is 0.326 e. The Morgan fingerprint density at radius 1 is 1.15 bits per heavy atom. The van der Waals surface area contributed by atoms with Crippen molar-refractivity contribution in [1.29, 1.82) is 0 Å². The van der Waals surface area contributed by atoms with Crippen LogP contribution in [0.4, 0.5) is 4.79 Å². The summed E-state index contributed by atoms with van der Waals surface area (Å²) in [5.41, 5.74) is 2.27. The van der Waals surface area contributed by atoms with E-state index in [2.05, 4.69) is 6.07 Å². The topological polar surface area (TPSA) is 60.9 Å². The lowest BCUT2D eigenvalue weighted by Crippen LogP contribution is -2.44. The Labute approximate surface area is 161 Å². The van der Waals surface area contributed by atoms with Crippen LogP contribution in [0.5, 0.6) is 0 Å². The molecule has 1 aliphatic heterocycles. The molecule has 6 heteroatoms. The van der Waals surface area contributed by atoms with Gasteiger partial charge in [0.2, 0.25) is 5.91 Å². The first-order chi connectivity index (χ1) is 12.9. The molecule has 0 aromatic heterocycles. The van der Waals surface area contributed by atoms with Crippen LogP contribution >= 0.6 is 0 Å². The number of carbonyl (C=O) groups is 3. The highest BCUT2D eigenvalue weighted by atomic mass is 16.2. The molecule has 1 aliphatic carbocycles. The monoisotopic (exact) mass is 371 g/mol. The summed E-state index contributed by atoms with van der Waals surface area (Å²) in [6.07, 6.45) is 5.53. The third-order valence-corrected chi connectivity index (χ3v) is 5.81. The average molecular weight is 371 g/mol. The molecule has 0 radical (unpaired) electrons. The molecular formula is C21H29N3O3. The Hall–Kier alpha value is -2.37. The van der Waals surface area contributed by atoms with Crippen LogP contribution in [-0.2, 0) is 16.1 Å². The third kappa shape index (κ3) is 4.15. The van der Waals surface area contributed by atoms with E-state index >= 15 is 0 Å². The quantitative estimate of drug-likeness (QED) is 0.748. The summed E-state index contributed by atoms with van der Waals surface area (Å²) in [4.78, 5) is 42.0. The van der Waals surface area contributed by atoms with Gasteiger partial charge in [-0.05, 0) is 25.3 Å². The number of imide groups is 1. The lowest BCUT2D eigenvalue weighted by molar-refractivity contribution is -0.139. The van der Waals surface area contributed by atoms with Crippen molar-refractivity contribution in [2.24, 2.45) is 0 Å². The van der Waals surface area contributed by atoms with E-state index in [1.807, 2.05) is 30.0 Å². The van der Waals surface area contributed by atoms with Crippen LogP contribution in [0.15, 0.2) is 24.3 Å². The molecule has 146 valence electrons. The van der Waals surface area contributed by atoms with E-state index in [0.717, 1.165) is 36.1 Å². The van der Waals surface area contributed by atoms with Gasteiger partial charge in [-0.3, -0.25) is 14.5 Å². The normalized spacial score (nSPS) is 21.1. The predicted molar refractivity (Wildman–Crippen MR) is 103 cm³/mol. The molecule has 0 spiro atoms. The number of urea groups is 1. The van der Waals surface area contributed by atoms with Gasteiger partial charge >= 0.3 is 6.03 Å². The molecule has 4 amide bonds. The molecule has 1 saturated carbocycles. The number of amides is 4. The average Bonchev–Trinajstić information content (AvgIpc) is 2.84. The lowest BCUT2D eigenvalue weighted by atomic mass is 9.93. The first-order valence-corrected chi connectivity index (χ1v) is 9.78. The summed E-state index contributed by atoms with van der Waals surface area (Å²) < 4.78 is 0. The minimum atomic E-state index is -0.696. The Morgan fingerprint density at radius 2 is 1.85 bits per heavy atom. The molecule has 0 bridgehead atoms. The number of likely N-dealkylation sites (N-methyl/N-ethyl adjacent to an activating group) is 2. The molecule has 1 saturated heterocycles. The van der Waals surface area contributed by atoms with Crippen LogP contribution in [-0.4, -0.2) is 58.7 Å². The van der Waals surface area contributed by atoms with Crippen molar-refractivity contribution in [3.05, 3.63) is 35.4 Å². The van der Waals surface area contributed by atoms with Crippen molar-refractivity contribution < 1.29 is 14.4 Å². The minimum absolute atomic E-state index is 0.0447. The van der Waals surface area contributed by atoms with Crippen molar-refractivity contribution in [1.82, 2.24) is 14.7 Å². The molecule has 3 rings (SSSR count). The van der Waals surface area contributed by atoms with E-state index in [1.165, 1.54) is 23.9 Å². The fourth-order valence-electron chi connectivity index (χ4n) is 4.18. The number of carbonyl (C=O) groups excluding carboxylic acids is 3. The van der Waals surface area contributed by atoms with Crippen LogP contribution in [0.1, 0.15) is 49.7 Å². The van der Waals surface area contributed by atoms with E-state index in [9.17, 15) is 14.4 Å². The summed E-state index contributed by atoms with van der Waals surface area (Å²) in [6, 6.07) is 7.37. The second-order valence-electron chi connectivity index (χ2n) is 7.81. The summed E-state index contributed by atoms with van der Waals surface area (Å²) >= 11 is 0. The van der Waals surface area contributed by atoms with Gasteiger partial charge in [0.05, 0.1) is 6.42 Å². The van der Waals surface area contributed by atoms with E-state index in [-0.39, 0.29) is 30.3 Å². The van der Waals surface area contributed by atoms with Gasteiger partial charge in [0.25, 0.3) is 5.91 Å². The van der Waals surface area contributed by atoms with Gasteiger partial charge in [-0.25, -0.2) is 4.79 Å². The standard InChI is InChI=1S/C21H29N3O3/c1-15-8-7-9-16(12-15)14-24(17-10-5-4-6-11-17)19(25)13-18-20(26)23(3)21(27)22(18)2/h7-9,12,17-18H,4-6,10-11,13-14H2,1-3H3/t18-/m1/s1. The zero-order valence-corrected chi connectivity index (χ0v) is 16.5. The first kappa shape index (κ1) is 19.4. The van der Waals surface area contributed by atoms with Crippen LogP contribution in [0, 0.1) is 6.92 Å². The van der Waals surface area contributed by atoms with Crippen LogP contribution < -0.4 is 0 Å². The zero-order chi connectivity index (χ0) is 19.6. The lowest BCUT2D eigenvalue weighted by Gasteiger charge is -2.35. The van der Waals surface area contributed by atoms with Crippen LogP contribution in [0.2, 0.25) is 0 Å². The van der Waals surface area contributed by atoms with Gasteiger partial charge < -0.3 is 9.80 Å². The molecule has 1 aromatic rings. The largest absolute Gasteiger partial charge is 0.335 e. The van der Waals surface area contributed by atoms with Crippen molar-refractivity contribution in [2.45, 2.75) is 64.1 Å². The van der Waals surface area contributed by atoms with Crippen molar-refractivity contribution in [3.63, 3.8) is 0 Å². The predicted octanol–water partition coefficient (Wildman–Crippen LogP) is 2.94. The van der Waals surface area contributed by atoms with Gasteiger partial charge in [0, 0.05) is 26.7 Å². The van der Waals surface area contributed by atoms with Crippen LogP contribution in [0.3, 0.4) is 0 Å². The highest BCUT2D eigenvalue weighted by Crippen LogP contribution is 2.26. The molecule has 0 N–H and O–H groups in total. The van der Waals surface area contributed by atoms with E-state index in [4.69, 9.17) is 0 Å². The molecular weight excluding hydrogens is 342 g/mol. The van der Waals surface area contributed by atoms with Gasteiger partial charge in [0.1, 0.15) is 6.04 Å². The Bertz CT molecular complexity index is 727. The second-order valence-corrected chi connectivity index (χ2v) is 7.81. The van der Waals surface area contributed by atoms with Gasteiger partial charge in [-0.2, -0.15) is 0 Å². The molecule has 1 aromatic carbocycles. The highest BCUT2D eigenvalue weighted by Gasteiger charge is 2.42. The fourth-order valence-corrected chi connectivity index (χ4v) is 4.18. The second kappa shape index (κ2) is 8.11. The maximum Gasteiger partial charge on any atom is 0.326 e. The number of hydrogen-bond donors (Lipinski definition) is 0. The molecule has 2 aliphatic rings. The summed E-state index contributed by atoms with van der Waals surface area (Å²) in [5, 5.41) is 0. The fraction of sp³-hybridized carbons (Fsp3) is 0.571. The maximum absolute atomic E-state index is 13.2. The summed E-state index contributed by atoms with van der Waals surface area (Å²) in [6.45, 7) is 2.60. The van der Waals surface area contributed by atoms with E-state index < -0.39 is 6.04 Å². The molecule has 1 atom stereocenters. The minimum Gasteiger partial charge on any atom is -0.335 e. The Kier molecular flexibility index (Phi) is 5.82. The SMILES string of the molecule is Cc1cccc(CN(C(=O)C[C@@H]2C(=O)N(C)C(=O)N2C)C2CCCCC2)c1. The van der Waals surface area contributed by atoms with Gasteiger partial charge in [-0.1, -0.05) is 49.1 Å². The highest BCUT2D eigenvalue weighted by molar-refractivity contribution is 6.05. The van der Waals surface area contributed by atoms with Crippen molar-refractivity contribution in [3.8, 4) is 0 Å². The van der Waals surface area contributed by atoms with E-state index in [1.54, 1.807) is 7.05 Å². The number of benzene rings is 1. The molecule has 6 nitrogen and oxygen atoms in total. The Balaban J connectivity index is 1.78. The molecule has 1 heterocycles. The first-order valence-electron chi connectivity index (χ1n) is 9.78. The number of rotatable bonds is 5. The molecule has 2 fully saturated rings. The van der Waals surface area contributed by atoms with Crippen molar-refractivity contribution >= 4 is 17.8 Å². The van der Waals surface area contributed by atoms with Crippen molar-refractivity contribution in [2.75, 3.05) is 14.1 Å². The number of hydrogen-bond acceptors (Lipinski definition) is 3. The summed E-state index contributed by atoms with van der Waals surface area (Å²) in [7, 11) is 3.06.